The van der Waals surface area contributed by atoms with E-state index in [4.69, 9.17) is 21.1 Å². The second-order valence-electron chi connectivity index (χ2n) is 3.30. The first-order valence-electron chi connectivity index (χ1n) is 4.81. The third-order valence-electron chi connectivity index (χ3n) is 2.10. The Labute approximate surface area is 106 Å². The van der Waals surface area contributed by atoms with E-state index in [0.29, 0.717) is 5.69 Å². The second kappa shape index (κ2) is 4.89. The normalized spacial score (nSPS) is 10.1. The van der Waals surface area contributed by atoms with E-state index in [0.717, 1.165) is 0 Å². The maximum atomic E-state index is 11.7. The van der Waals surface area contributed by atoms with E-state index in [1.54, 1.807) is 0 Å². The Morgan fingerprint density at radius 1 is 1.33 bits per heavy atom. The quantitative estimate of drug-likeness (QED) is 0.889. The van der Waals surface area contributed by atoms with Crippen molar-refractivity contribution in [3.8, 4) is 0 Å². The first-order chi connectivity index (χ1) is 8.58. The summed E-state index contributed by atoms with van der Waals surface area (Å²) in [5.74, 6) is -1.59. The lowest BCUT2D eigenvalue weighted by atomic mass is 10.3. The Bertz CT molecular complexity index is 591. The first kappa shape index (κ1) is 12.1. The van der Waals surface area contributed by atoms with E-state index in [-0.39, 0.29) is 16.5 Å². The molecule has 7 heteroatoms. The molecule has 0 unspecified atom stereocenters. The van der Waals surface area contributed by atoms with Crippen molar-refractivity contribution in [3.05, 3.63) is 47.1 Å². The molecule has 6 nitrogen and oxygen atoms in total. The number of rotatable bonds is 3. The third-order valence-corrected chi connectivity index (χ3v) is 2.40. The molecule has 0 saturated heterocycles. The minimum absolute atomic E-state index is 0.0115. The van der Waals surface area contributed by atoms with Crippen LogP contribution in [0.1, 0.15) is 20.8 Å². The van der Waals surface area contributed by atoms with Crippen LogP contribution in [-0.4, -0.2) is 22.0 Å². The van der Waals surface area contributed by atoms with Crippen LogP contribution in [0.5, 0.6) is 0 Å². The van der Waals surface area contributed by atoms with Gasteiger partial charge in [-0.05, 0) is 29.8 Å². The lowest BCUT2D eigenvalue weighted by molar-refractivity contribution is 0.0690. The van der Waals surface area contributed by atoms with Gasteiger partial charge in [-0.2, -0.15) is 0 Å². The lowest BCUT2D eigenvalue weighted by Gasteiger charge is -2.03. The van der Waals surface area contributed by atoms with Gasteiger partial charge in [-0.15, -0.1) is 0 Å². The molecule has 0 fully saturated rings. The van der Waals surface area contributed by atoms with Gasteiger partial charge in [-0.3, -0.25) is 4.79 Å². The van der Waals surface area contributed by atoms with Gasteiger partial charge < -0.3 is 14.8 Å². The molecule has 2 rings (SSSR count). The number of halogens is 1. The van der Waals surface area contributed by atoms with Crippen LogP contribution in [-0.2, 0) is 0 Å². The SMILES string of the molecule is O=C(O)c1ccc(NC(=O)c2ccoc2Cl)cn1. The number of carbonyl (C=O) groups is 2. The van der Waals surface area contributed by atoms with Crippen molar-refractivity contribution < 1.29 is 19.1 Å². The summed E-state index contributed by atoms with van der Waals surface area (Å²) in [6.45, 7) is 0. The van der Waals surface area contributed by atoms with Crippen molar-refractivity contribution >= 4 is 29.2 Å². The van der Waals surface area contributed by atoms with Crippen molar-refractivity contribution in [2.45, 2.75) is 0 Å². The summed E-state index contributed by atoms with van der Waals surface area (Å²) >= 11 is 5.65. The van der Waals surface area contributed by atoms with Crippen LogP contribution < -0.4 is 5.32 Å². The average Bonchev–Trinajstić information content (AvgIpc) is 2.76. The number of aromatic nitrogens is 1. The van der Waals surface area contributed by atoms with E-state index in [9.17, 15) is 9.59 Å². The zero-order chi connectivity index (χ0) is 13.1. The van der Waals surface area contributed by atoms with Gasteiger partial charge in [0.1, 0.15) is 5.69 Å². The molecule has 2 N–H and O–H groups in total. The first-order valence-corrected chi connectivity index (χ1v) is 5.19. The average molecular weight is 267 g/mol. The fourth-order valence-electron chi connectivity index (χ4n) is 1.25. The molecule has 0 aliphatic heterocycles. The van der Waals surface area contributed by atoms with Crippen molar-refractivity contribution in [1.82, 2.24) is 4.98 Å². The molecule has 0 aliphatic carbocycles. The number of amides is 1. The molecule has 18 heavy (non-hydrogen) atoms. The second-order valence-corrected chi connectivity index (χ2v) is 3.64. The van der Waals surface area contributed by atoms with E-state index in [1.807, 2.05) is 0 Å². The highest BCUT2D eigenvalue weighted by Gasteiger charge is 2.13. The highest BCUT2D eigenvalue weighted by atomic mass is 35.5. The molecule has 2 aromatic rings. The zero-order valence-electron chi connectivity index (χ0n) is 8.88. The van der Waals surface area contributed by atoms with E-state index in [2.05, 4.69) is 10.3 Å². The highest BCUT2D eigenvalue weighted by molar-refractivity contribution is 6.32. The smallest absolute Gasteiger partial charge is 0.354 e. The maximum Gasteiger partial charge on any atom is 0.354 e. The molecule has 0 aromatic carbocycles. The van der Waals surface area contributed by atoms with Gasteiger partial charge >= 0.3 is 5.97 Å². The highest BCUT2D eigenvalue weighted by Crippen LogP contribution is 2.18. The summed E-state index contributed by atoms with van der Waals surface area (Å²) in [5, 5.41) is 11.2. The predicted molar refractivity (Wildman–Crippen MR) is 62.9 cm³/mol. The molecule has 92 valence electrons. The summed E-state index contributed by atoms with van der Waals surface area (Å²) in [4.78, 5) is 26.0. The molecule has 0 radical (unpaired) electrons. The molecule has 2 heterocycles. The maximum absolute atomic E-state index is 11.7. The summed E-state index contributed by atoms with van der Waals surface area (Å²) in [7, 11) is 0. The monoisotopic (exact) mass is 266 g/mol. The number of furan rings is 1. The summed E-state index contributed by atoms with van der Waals surface area (Å²) in [5.41, 5.74) is 0.454. The summed E-state index contributed by atoms with van der Waals surface area (Å²) < 4.78 is 4.79. The Morgan fingerprint density at radius 2 is 2.11 bits per heavy atom. The molecule has 0 saturated carbocycles. The molecule has 1 amide bonds. The van der Waals surface area contributed by atoms with Crippen molar-refractivity contribution in [2.75, 3.05) is 5.32 Å². The van der Waals surface area contributed by atoms with E-state index >= 15 is 0 Å². The van der Waals surface area contributed by atoms with Gasteiger partial charge in [0.2, 0.25) is 5.22 Å². The third kappa shape index (κ3) is 2.49. The van der Waals surface area contributed by atoms with Crippen LogP contribution in [0.2, 0.25) is 5.22 Å². The van der Waals surface area contributed by atoms with Crippen molar-refractivity contribution in [1.29, 1.82) is 0 Å². The van der Waals surface area contributed by atoms with Crippen molar-refractivity contribution in [3.63, 3.8) is 0 Å². The standard InChI is InChI=1S/C11H7ClN2O4/c12-9-7(3-4-18-9)10(15)14-6-1-2-8(11(16)17)13-5-6/h1-5H,(H,14,15)(H,16,17). The van der Waals surface area contributed by atoms with Crippen LogP contribution in [0.3, 0.4) is 0 Å². The predicted octanol–water partition coefficient (Wildman–Crippen LogP) is 2.28. The minimum atomic E-state index is -1.13. The number of nitrogens with zero attached hydrogens (tertiary/aromatic N) is 1. The largest absolute Gasteiger partial charge is 0.477 e. The lowest BCUT2D eigenvalue weighted by Crippen LogP contribution is -2.12. The minimum Gasteiger partial charge on any atom is -0.477 e. The van der Waals surface area contributed by atoms with Gasteiger partial charge in [0, 0.05) is 0 Å². The molecule has 0 spiro atoms. The Kier molecular flexibility index (Phi) is 3.29. The Hall–Kier alpha value is -2.34. The number of aromatic carboxylic acids is 1. The van der Waals surface area contributed by atoms with Crippen molar-refractivity contribution in [2.24, 2.45) is 0 Å². The van der Waals surface area contributed by atoms with Crippen LogP contribution in [0.15, 0.2) is 35.1 Å². The molecule has 2 aromatic heterocycles. The molecular formula is C11H7ClN2O4. The van der Waals surface area contributed by atoms with Crippen LogP contribution in [0.25, 0.3) is 0 Å². The van der Waals surface area contributed by atoms with E-state index in [1.165, 1.54) is 30.7 Å². The van der Waals surface area contributed by atoms with Crippen LogP contribution in [0.4, 0.5) is 5.69 Å². The molecule has 0 aliphatic rings. The van der Waals surface area contributed by atoms with Gasteiger partial charge in [0.15, 0.2) is 0 Å². The number of carbonyl (C=O) groups excluding carboxylic acids is 1. The van der Waals surface area contributed by atoms with Gasteiger partial charge in [0.25, 0.3) is 5.91 Å². The van der Waals surface area contributed by atoms with Gasteiger partial charge in [0.05, 0.1) is 23.7 Å². The summed E-state index contributed by atoms with van der Waals surface area (Å²) in [6, 6.07) is 4.15. The number of nitrogens with one attached hydrogen (secondary N) is 1. The van der Waals surface area contributed by atoms with E-state index < -0.39 is 11.9 Å². The molecule has 0 bridgehead atoms. The van der Waals surface area contributed by atoms with Crippen LogP contribution >= 0.6 is 11.6 Å². The number of carboxylic acid groups (broad SMARTS) is 1. The molecular weight excluding hydrogens is 260 g/mol. The number of hydrogen-bond donors (Lipinski definition) is 2. The number of pyridine rings is 1. The number of hydrogen-bond acceptors (Lipinski definition) is 4. The number of anilines is 1. The topological polar surface area (TPSA) is 92.4 Å². The molecule has 0 atom stereocenters. The number of carboxylic acids is 1. The Morgan fingerprint density at radius 3 is 2.61 bits per heavy atom. The fourth-order valence-corrected chi connectivity index (χ4v) is 1.45. The summed E-state index contributed by atoms with van der Waals surface area (Å²) in [6.07, 6.45) is 2.54. The fraction of sp³-hybridized carbons (Fsp3) is 0. The Balaban J connectivity index is 2.13. The van der Waals surface area contributed by atoms with Gasteiger partial charge in [-0.25, -0.2) is 9.78 Å². The van der Waals surface area contributed by atoms with Gasteiger partial charge in [-0.1, -0.05) is 0 Å². The van der Waals surface area contributed by atoms with Crippen LogP contribution in [0, 0.1) is 0 Å². The zero-order valence-corrected chi connectivity index (χ0v) is 9.64.